The number of aromatic nitrogens is 1. The molecule has 0 aliphatic heterocycles. The van der Waals surface area contributed by atoms with Gasteiger partial charge in [0.15, 0.2) is 16.6 Å². The van der Waals surface area contributed by atoms with Crippen LogP contribution in [0.1, 0.15) is 27.0 Å². The number of hydrogen-bond acceptors (Lipinski definition) is 5. The van der Waals surface area contributed by atoms with E-state index in [0.29, 0.717) is 28.7 Å². The molecule has 0 atom stereocenters. The van der Waals surface area contributed by atoms with Crippen LogP contribution in [0.4, 0.5) is 5.13 Å². The van der Waals surface area contributed by atoms with Crippen LogP contribution in [0, 0.1) is 13.8 Å². The normalized spacial score (nSPS) is 10.8. The summed E-state index contributed by atoms with van der Waals surface area (Å²) in [5.41, 5.74) is 4.66. The molecule has 0 saturated carbocycles. The Kier molecular flexibility index (Phi) is 5.91. The summed E-state index contributed by atoms with van der Waals surface area (Å²) in [7, 11) is 3.10. The molecule has 158 valence electrons. The number of amides is 1. The van der Waals surface area contributed by atoms with E-state index in [4.69, 9.17) is 14.5 Å². The molecule has 0 fully saturated rings. The SMILES string of the molecule is COc1cccc(C(=O)N(Cc2ccccc2)c2nc3cc(C)cc(C)c3s2)c1OC. The van der Waals surface area contributed by atoms with E-state index in [-0.39, 0.29) is 5.91 Å². The van der Waals surface area contributed by atoms with Crippen molar-refractivity contribution in [2.45, 2.75) is 20.4 Å². The maximum Gasteiger partial charge on any atom is 0.264 e. The molecule has 0 aliphatic carbocycles. The number of anilines is 1. The molecule has 6 heteroatoms. The fourth-order valence-corrected chi connectivity index (χ4v) is 4.69. The van der Waals surface area contributed by atoms with E-state index < -0.39 is 0 Å². The van der Waals surface area contributed by atoms with Gasteiger partial charge in [-0.25, -0.2) is 4.98 Å². The van der Waals surface area contributed by atoms with Crippen LogP contribution < -0.4 is 14.4 Å². The second-order valence-corrected chi connectivity index (χ2v) is 8.32. The van der Waals surface area contributed by atoms with E-state index >= 15 is 0 Å². The highest BCUT2D eigenvalue weighted by atomic mass is 32.1. The lowest BCUT2D eigenvalue weighted by Gasteiger charge is -2.22. The lowest BCUT2D eigenvalue weighted by molar-refractivity contribution is 0.0981. The Bertz CT molecular complexity index is 1230. The van der Waals surface area contributed by atoms with Crippen LogP contribution in [0.2, 0.25) is 0 Å². The van der Waals surface area contributed by atoms with Gasteiger partial charge in [-0.2, -0.15) is 0 Å². The number of benzene rings is 3. The molecule has 0 aliphatic rings. The van der Waals surface area contributed by atoms with Crippen LogP contribution in [0.15, 0.2) is 60.7 Å². The largest absolute Gasteiger partial charge is 0.493 e. The Morgan fingerprint density at radius 1 is 1.00 bits per heavy atom. The third-order valence-corrected chi connectivity index (χ3v) is 6.33. The van der Waals surface area contributed by atoms with Crippen LogP contribution >= 0.6 is 11.3 Å². The van der Waals surface area contributed by atoms with Crippen molar-refractivity contribution in [3.05, 3.63) is 82.9 Å². The fraction of sp³-hybridized carbons (Fsp3) is 0.200. The Balaban J connectivity index is 1.84. The standard InChI is InChI=1S/C25H24N2O3S/c1-16-13-17(2)23-20(14-16)26-25(31-23)27(15-18-9-6-5-7-10-18)24(28)19-11-8-12-21(29-3)22(19)30-4/h5-14H,15H2,1-4H3. The lowest BCUT2D eigenvalue weighted by atomic mass is 10.1. The third kappa shape index (κ3) is 4.11. The monoisotopic (exact) mass is 432 g/mol. The first-order valence-electron chi connectivity index (χ1n) is 9.96. The summed E-state index contributed by atoms with van der Waals surface area (Å²) in [5, 5.41) is 0.655. The van der Waals surface area contributed by atoms with Gasteiger partial charge in [0.05, 0.1) is 36.5 Å². The average Bonchev–Trinajstić information content (AvgIpc) is 3.21. The molecule has 3 aromatic carbocycles. The Morgan fingerprint density at radius 2 is 1.77 bits per heavy atom. The minimum atomic E-state index is -0.187. The number of carbonyl (C=O) groups is 1. The average molecular weight is 433 g/mol. The molecule has 4 rings (SSSR count). The van der Waals surface area contributed by atoms with E-state index in [0.717, 1.165) is 26.9 Å². The zero-order valence-corrected chi connectivity index (χ0v) is 18.8. The van der Waals surface area contributed by atoms with Crippen LogP contribution in [0.25, 0.3) is 10.2 Å². The van der Waals surface area contributed by atoms with Gasteiger partial charge in [-0.1, -0.05) is 53.8 Å². The van der Waals surface area contributed by atoms with Crippen molar-refractivity contribution < 1.29 is 14.3 Å². The molecule has 0 bridgehead atoms. The summed E-state index contributed by atoms with van der Waals surface area (Å²) in [6.07, 6.45) is 0. The maximum atomic E-state index is 13.8. The summed E-state index contributed by atoms with van der Waals surface area (Å²) < 4.78 is 12.0. The topological polar surface area (TPSA) is 51.7 Å². The number of para-hydroxylation sites is 1. The van der Waals surface area contributed by atoms with Crippen molar-refractivity contribution in [2.75, 3.05) is 19.1 Å². The minimum absolute atomic E-state index is 0.187. The van der Waals surface area contributed by atoms with Crippen molar-refractivity contribution in [3.63, 3.8) is 0 Å². The van der Waals surface area contributed by atoms with Crippen LogP contribution in [-0.4, -0.2) is 25.1 Å². The van der Waals surface area contributed by atoms with Crippen molar-refractivity contribution in [2.24, 2.45) is 0 Å². The third-order valence-electron chi connectivity index (χ3n) is 5.10. The molecule has 1 heterocycles. The molecular weight excluding hydrogens is 408 g/mol. The first-order valence-corrected chi connectivity index (χ1v) is 10.8. The number of thiazole rings is 1. The van der Waals surface area contributed by atoms with Gasteiger partial charge in [-0.05, 0) is 48.7 Å². The highest BCUT2D eigenvalue weighted by molar-refractivity contribution is 7.22. The molecule has 1 aromatic heterocycles. The summed E-state index contributed by atoms with van der Waals surface area (Å²) >= 11 is 1.53. The van der Waals surface area contributed by atoms with Crippen LogP contribution in [0.5, 0.6) is 11.5 Å². The van der Waals surface area contributed by atoms with Crippen molar-refractivity contribution in [1.29, 1.82) is 0 Å². The van der Waals surface area contributed by atoms with Gasteiger partial charge in [-0.15, -0.1) is 0 Å². The number of nitrogens with zero attached hydrogens (tertiary/aromatic N) is 2. The lowest BCUT2D eigenvalue weighted by Crippen LogP contribution is -2.30. The number of hydrogen-bond donors (Lipinski definition) is 0. The van der Waals surface area contributed by atoms with Crippen molar-refractivity contribution in [1.82, 2.24) is 4.98 Å². The number of rotatable bonds is 6. The highest BCUT2D eigenvalue weighted by Crippen LogP contribution is 2.36. The molecule has 1 amide bonds. The second kappa shape index (κ2) is 8.78. The number of fused-ring (bicyclic) bond motifs is 1. The van der Waals surface area contributed by atoms with Gasteiger partial charge in [0.2, 0.25) is 0 Å². The fourth-order valence-electron chi connectivity index (χ4n) is 3.67. The zero-order chi connectivity index (χ0) is 22.0. The second-order valence-electron chi connectivity index (χ2n) is 7.34. The van der Waals surface area contributed by atoms with E-state index in [2.05, 4.69) is 26.0 Å². The Hall–Kier alpha value is -3.38. The van der Waals surface area contributed by atoms with E-state index in [9.17, 15) is 4.79 Å². The van der Waals surface area contributed by atoms with Gasteiger partial charge < -0.3 is 9.47 Å². The molecule has 0 spiro atoms. The van der Waals surface area contributed by atoms with E-state index in [1.54, 1.807) is 37.3 Å². The van der Waals surface area contributed by atoms with E-state index in [1.807, 2.05) is 30.3 Å². The number of aryl methyl sites for hydroxylation is 2. The van der Waals surface area contributed by atoms with Gasteiger partial charge in [-0.3, -0.25) is 9.69 Å². The smallest absolute Gasteiger partial charge is 0.264 e. The van der Waals surface area contributed by atoms with Gasteiger partial charge >= 0.3 is 0 Å². The molecule has 31 heavy (non-hydrogen) atoms. The molecular formula is C25H24N2O3S. The molecule has 0 radical (unpaired) electrons. The molecule has 0 saturated heterocycles. The predicted octanol–water partition coefficient (Wildman–Crippen LogP) is 5.78. The summed E-state index contributed by atoms with van der Waals surface area (Å²) in [6, 6.07) is 19.4. The number of methoxy groups -OCH3 is 2. The van der Waals surface area contributed by atoms with E-state index in [1.165, 1.54) is 11.3 Å². The van der Waals surface area contributed by atoms with Gasteiger partial charge in [0, 0.05) is 0 Å². The van der Waals surface area contributed by atoms with Crippen molar-refractivity contribution >= 4 is 32.6 Å². The van der Waals surface area contributed by atoms with Crippen molar-refractivity contribution in [3.8, 4) is 11.5 Å². The Morgan fingerprint density at radius 3 is 2.48 bits per heavy atom. The molecule has 5 nitrogen and oxygen atoms in total. The first kappa shape index (κ1) is 20.9. The molecule has 0 N–H and O–H groups in total. The maximum absolute atomic E-state index is 13.8. The quantitative estimate of drug-likeness (QED) is 0.388. The summed E-state index contributed by atoms with van der Waals surface area (Å²) in [6.45, 7) is 4.53. The highest BCUT2D eigenvalue weighted by Gasteiger charge is 2.26. The van der Waals surface area contributed by atoms with Crippen LogP contribution in [0.3, 0.4) is 0 Å². The minimum Gasteiger partial charge on any atom is -0.493 e. The number of carbonyl (C=O) groups excluding carboxylic acids is 1. The van der Waals surface area contributed by atoms with Gasteiger partial charge in [0.25, 0.3) is 5.91 Å². The van der Waals surface area contributed by atoms with Gasteiger partial charge in [0.1, 0.15) is 0 Å². The summed E-state index contributed by atoms with van der Waals surface area (Å²) in [5.74, 6) is 0.748. The first-order chi connectivity index (χ1) is 15.0. The molecule has 4 aromatic rings. The zero-order valence-electron chi connectivity index (χ0n) is 18.0. The summed E-state index contributed by atoms with van der Waals surface area (Å²) in [4.78, 5) is 20.3. The van der Waals surface area contributed by atoms with Crippen LogP contribution in [-0.2, 0) is 6.54 Å². The molecule has 0 unspecified atom stereocenters. The number of ether oxygens (including phenoxy) is 2. The Labute approximate surface area is 185 Å². The predicted molar refractivity (Wildman–Crippen MR) is 126 cm³/mol.